The monoisotopic (exact) mass is 287 g/mol. The van der Waals surface area contributed by atoms with E-state index < -0.39 is 11.9 Å². The van der Waals surface area contributed by atoms with E-state index in [9.17, 15) is 14.7 Å². The molecule has 3 rings (SSSR count). The maximum Gasteiger partial charge on any atom is 0.307 e. The van der Waals surface area contributed by atoms with Gasteiger partial charge < -0.3 is 10.4 Å². The number of carbonyl (C=O) groups excluding carboxylic acids is 1. The van der Waals surface area contributed by atoms with Gasteiger partial charge in [-0.2, -0.15) is 0 Å². The van der Waals surface area contributed by atoms with Gasteiger partial charge in [-0.25, -0.2) is 0 Å². The van der Waals surface area contributed by atoms with E-state index in [-0.39, 0.29) is 17.9 Å². The van der Waals surface area contributed by atoms with Crippen molar-refractivity contribution >= 4 is 11.9 Å². The number of rotatable bonds is 3. The van der Waals surface area contributed by atoms with Crippen LogP contribution >= 0.6 is 0 Å². The third-order valence-electron chi connectivity index (χ3n) is 4.86. The summed E-state index contributed by atoms with van der Waals surface area (Å²) < 4.78 is 0. The molecule has 3 atom stereocenters. The standard InChI is InChI=1S/C17H21NO3/c19-16(13-8-4-9-14(13)17(20)21)18-15-10-3-6-11-5-1-2-7-12(11)15/h1-2,5,7,13-15H,3-4,6,8-10H2,(H,18,19)(H,20,21)/t13-,14-,15?/m0/s1. The maximum absolute atomic E-state index is 12.5. The maximum atomic E-state index is 12.5. The Morgan fingerprint density at radius 3 is 2.62 bits per heavy atom. The summed E-state index contributed by atoms with van der Waals surface area (Å²) >= 11 is 0. The van der Waals surface area contributed by atoms with Crippen LogP contribution in [-0.2, 0) is 16.0 Å². The van der Waals surface area contributed by atoms with Crippen molar-refractivity contribution in [3.05, 3.63) is 35.4 Å². The molecular weight excluding hydrogens is 266 g/mol. The summed E-state index contributed by atoms with van der Waals surface area (Å²) in [5, 5.41) is 12.3. The molecule has 4 heteroatoms. The Morgan fingerprint density at radius 1 is 1.05 bits per heavy atom. The van der Waals surface area contributed by atoms with Crippen molar-refractivity contribution in [1.29, 1.82) is 0 Å². The van der Waals surface area contributed by atoms with Crippen molar-refractivity contribution in [2.24, 2.45) is 11.8 Å². The molecule has 21 heavy (non-hydrogen) atoms. The summed E-state index contributed by atoms with van der Waals surface area (Å²) in [6, 6.07) is 8.25. The quantitative estimate of drug-likeness (QED) is 0.898. The van der Waals surface area contributed by atoms with Crippen LogP contribution in [-0.4, -0.2) is 17.0 Å². The van der Waals surface area contributed by atoms with E-state index in [2.05, 4.69) is 17.4 Å². The Morgan fingerprint density at radius 2 is 1.81 bits per heavy atom. The lowest BCUT2D eigenvalue weighted by Crippen LogP contribution is -2.38. The number of nitrogens with one attached hydrogen (secondary N) is 1. The molecule has 112 valence electrons. The van der Waals surface area contributed by atoms with E-state index in [1.165, 1.54) is 11.1 Å². The van der Waals surface area contributed by atoms with Crippen LogP contribution < -0.4 is 5.32 Å². The molecule has 1 fully saturated rings. The number of benzene rings is 1. The van der Waals surface area contributed by atoms with Crippen molar-refractivity contribution in [3.8, 4) is 0 Å². The van der Waals surface area contributed by atoms with Crippen LogP contribution in [0.1, 0.15) is 49.3 Å². The molecule has 1 aromatic rings. The number of aryl methyl sites for hydroxylation is 1. The summed E-state index contributed by atoms with van der Waals surface area (Å²) in [4.78, 5) is 23.7. The lowest BCUT2D eigenvalue weighted by molar-refractivity contribution is -0.146. The molecule has 4 nitrogen and oxygen atoms in total. The van der Waals surface area contributed by atoms with Crippen LogP contribution in [0.5, 0.6) is 0 Å². The van der Waals surface area contributed by atoms with Gasteiger partial charge in [-0.05, 0) is 43.2 Å². The van der Waals surface area contributed by atoms with Gasteiger partial charge in [0, 0.05) is 0 Å². The van der Waals surface area contributed by atoms with Gasteiger partial charge in [0.2, 0.25) is 5.91 Å². The average Bonchev–Trinajstić information content (AvgIpc) is 2.97. The molecule has 1 amide bonds. The van der Waals surface area contributed by atoms with Crippen LogP contribution in [0, 0.1) is 11.8 Å². The van der Waals surface area contributed by atoms with Crippen molar-refractivity contribution in [1.82, 2.24) is 5.32 Å². The fourth-order valence-electron chi connectivity index (χ4n) is 3.75. The molecule has 0 aromatic heterocycles. The second-order valence-corrected chi connectivity index (χ2v) is 6.13. The predicted octanol–water partition coefficient (Wildman–Crippen LogP) is 2.68. The zero-order valence-electron chi connectivity index (χ0n) is 12.0. The third kappa shape index (κ3) is 2.80. The third-order valence-corrected chi connectivity index (χ3v) is 4.86. The second kappa shape index (κ2) is 5.88. The van der Waals surface area contributed by atoms with Crippen molar-refractivity contribution < 1.29 is 14.7 Å². The molecule has 2 aliphatic carbocycles. The Hall–Kier alpha value is -1.84. The molecule has 2 N–H and O–H groups in total. The Kier molecular flexibility index (Phi) is 3.95. The van der Waals surface area contributed by atoms with E-state index in [1.54, 1.807) is 0 Å². The normalized spacial score (nSPS) is 27.9. The lowest BCUT2D eigenvalue weighted by Gasteiger charge is -2.28. The topological polar surface area (TPSA) is 66.4 Å². The van der Waals surface area contributed by atoms with Crippen LogP contribution in [0.4, 0.5) is 0 Å². The number of hydrogen-bond donors (Lipinski definition) is 2. The summed E-state index contributed by atoms with van der Waals surface area (Å²) in [5.41, 5.74) is 2.50. The van der Waals surface area contributed by atoms with Gasteiger partial charge in [0.25, 0.3) is 0 Å². The highest BCUT2D eigenvalue weighted by Gasteiger charge is 2.38. The molecule has 1 unspecified atom stereocenters. The summed E-state index contributed by atoms with van der Waals surface area (Å²) in [5.74, 6) is -1.79. The Bertz CT molecular complexity index is 555. The van der Waals surface area contributed by atoms with Gasteiger partial charge in [0.05, 0.1) is 17.9 Å². The highest BCUT2D eigenvalue weighted by molar-refractivity contribution is 5.85. The summed E-state index contributed by atoms with van der Waals surface area (Å²) in [6.45, 7) is 0. The first-order valence-electron chi connectivity index (χ1n) is 7.78. The molecule has 0 bridgehead atoms. The molecule has 0 saturated heterocycles. The zero-order valence-corrected chi connectivity index (χ0v) is 12.0. The minimum absolute atomic E-state index is 0.0393. The Balaban J connectivity index is 1.73. The molecule has 1 aromatic carbocycles. The molecule has 2 aliphatic rings. The fraction of sp³-hybridized carbons (Fsp3) is 0.529. The molecule has 0 heterocycles. The number of aliphatic carboxylic acids is 1. The highest BCUT2D eigenvalue weighted by atomic mass is 16.4. The van der Waals surface area contributed by atoms with Gasteiger partial charge in [-0.1, -0.05) is 30.7 Å². The largest absolute Gasteiger partial charge is 0.481 e. The van der Waals surface area contributed by atoms with Crippen LogP contribution in [0.25, 0.3) is 0 Å². The average molecular weight is 287 g/mol. The first kappa shape index (κ1) is 14.1. The molecule has 0 spiro atoms. The second-order valence-electron chi connectivity index (χ2n) is 6.13. The molecule has 1 saturated carbocycles. The summed E-state index contributed by atoms with van der Waals surface area (Å²) in [7, 11) is 0. The number of carboxylic acids is 1. The molecule has 0 aliphatic heterocycles. The number of carboxylic acid groups (broad SMARTS) is 1. The number of carbonyl (C=O) groups is 2. The Labute approximate surface area is 124 Å². The van der Waals surface area contributed by atoms with E-state index in [4.69, 9.17) is 0 Å². The SMILES string of the molecule is O=C(O)[C@H]1CCC[C@@H]1C(=O)NC1CCCc2ccccc21. The smallest absolute Gasteiger partial charge is 0.307 e. The molecular formula is C17H21NO3. The van der Waals surface area contributed by atoms with E-state index >= 15 is 0 Å². The van der Waals surface area contributed by atoms with Crippen LogP contribution in [0.3, 0.4) is 0 Å². The minimum atomic E-state index is -0.836. The van der Waals surface area contributed by atoms with E-state index in [0.717, 1.165) is 25.7 Å². The van der Waals surface area contributed by atoms with Gasteiger partial charge in [0.1, 0.15) is 0 Å². The van der Waals surface area contributed by atoms with Gasteiger partial charge in [0.15, 0.2) is 0 Å². The van der Waals surface area contributed by atoms with E-state index in [0.29, 0.717) is 12.8 Å². The molecule has 0 radical (unpaired) electrons. The zero-order chi connectivity index (χ0) is 14.8. The predicted molar refractivity (Wildman–Crippen MR) is 78.7 cm³/mol. The summed E-state index contributed by atoms with van der Waals surface area (Å²) in [6.07, 6.45) is 5.20. The van der Waals surface area contributed by atoms with Gasteiger partial charge >= 0.3 is 5.97 Å². The first-order valence-corrected chi connectivity index (χ1v) is 7.78. The fourth-order valence-corrected chi connectivity index (χ4v) is 3.75. The number of amides is 1. The number of fused-ring (bicyclic) bond motifs is 1. The van der Waals surface area contributed by atoms with Crippen molar-refractivity contribution in [3.63, 3.8) is 0 Å². The highest BCUT2D eigenvalue weighted by Crippen LogP contribution is 2.34. The number of hydrogen-bond acceptors (Lipinski definition) is 2. The van der Waals surface area contributed by atoms with Gasteiger partial charge in [-0.15, -0.1) is 0 Å². The first-order chi connectivity index (χ1) is 10.2. The van der Waals surface area contributed by atoms with Gasteiger partial charge in [-0.3, -0.25) is 9.59 Å². The van der Waals surface area contributed by atoms with Crippen LogP contribution in [0.2, 0.25) is 0 Å². The van der Waals surface area contributed by atoms with Crippen molar-refractivity contribution in [2.45, 2.75) is 44.6 Å². The van der Waals surface area contributed by atoms with Crippen molar-refractivity contribution in [2.75, 3.05) is 0 Å². The minimum Gasteiger partial charge on any atom is -0.481 e. The van der Waals surface area contributed by atoms with Crippen LogP contribution in [0.15, 0.2) is 24.3 Å². The lowest BCUT2D eigenvalue weighted by atomic mass is 9.87. The van der Waals surface area contributed by atoms with E-state index in [1.807, 2.05) is 12.1 Å².